The Bertz CT molecular complexity index is 629. The average molecular weight is 235 g/mol. The summed E-state index contributed by atoms with van der Waals surface area (Å²) in [4.78, 5) is 16.4. The molecule has 0 N–H and O–H groups in total. The number of aliphatic imine (C=N–C) groups is 1. The molecule has 0 aliphatic carbocycles. The van der Waals surface area contributed by atoms with Crippen molar-refractivity contribution in [3.63, 3.8) is 0 Å². The smallest absolute Gasteiger partial charge is 0.173 e. The van der Waals surface area contributed by atoms with Gasteiger partial charge in [-0.3, -0.25) is 9.79 Å². The van der Waals surface area contributed by atoms with Crippen molar-refractivity contribution in [1.29, 1.82) is 0 Å². The van der Waals surface area contributed by atoms with E-state index in [-0.39, 0.29) is 11.7 Å². The van der Waals surface area contributed by atoms with Gasteiger partial charge in [-0.05, 0) is 23.3 Å². The molecule has 2 heteroatoms. The van der Waals surface area contributed by atoms with E-state index in [1.54, 1.807) is 6.21 Å². The number of rotatable bonds is 1. The van der Waals surface area contributed by atoms with Crippen LogP contribution in [0.15, 0.2) is 53.5 Å². The number of ketones is 1. The van der Waals surface area contributed by atoms with E-state index < -0.39 is 0 Å². The molecule has 18 heavy (non-hydrogen) atoms. The molecule has 1 unspecified atom stereocenters. The molecule has 0 spiro atoms. The molecular weight excluding hydrogens is 222 g/mol. The van der Waals surface area contributed by atoms with Crippen LogP contribution >= 0.6 is 0 Å². The summed E-state index contributed by atoms with van der Waals surface area (Å²) in [6.45, 7) is 1.88. The summed E-state index contributed by atoms with van der Waals surface area (Å²) >= 11 is 0. The van der Waals surface area contributed by atoms with E-state index >= 15 is 0 Å². The summed E-state index contributed by atoms with van der Waals surface area (Å²) in [5.74, 6) is 0.0290. The van der Waals surface area contributed by atoms with Gasteiger partial charge in [-0.2, -0.15) is 0 Å². The molecule has 2 aromatic rings. The number of benzene rings is 2. The fourth-order valence-corrected chi connectivity index (χ4v) is 2.16. The number of carbonyl (C=O) groups is 1. The van der Waals surface area contributed by atoms with Crippen LogP contribution in [0.2, 0.25) is 0 Å². The van der Waals surface area contributed by atoms with Crippen molar-refractivity contribution in [2.75, 3.05) is 0 Å². The molecule has 1 aliphatic rings. The van der Waals surface area contributed by atoms with Crippen molar-refractivity contribution in [1.82, 2.24) is 0 Å². The van der Waals surface area contributed by atoms with Crippen LogP contribution < -0.4 is 0 Å². The van der Waals surface area contributed by atoms with E-state index in [0.29, 0.717) is 0 Å². The van der Waals surface area contributed by atoms with Crippen molar-refractivity contribution in [2.45, 2.75) is 6.92 Å². The maximum absolute atomic E-state index is 12.1. The van der Waals surface area contributed by atoms with Crippen LogP contribution in [0.1, 0.15) is 17.3 Å². The second kappa shape index (κ2) is 4.22. The summed E-state index contributed by atoms with van der Waals surface area (Å²) in [5.41, 5.74) is 3.69. The Morgan fingerprint density at radius 1 is 1.00 bits per heavy atom. The molecule has 0 bridgehead atoms. The first kappa shape index (κ1) is 10.9. The Hall–Kier alpha value is -2.22. The van der Waals surface area contributed by atoms with Gasteiger partial charge in [0, 0.05) is 11.8 Å². The number of hydrogen-bond acceptors (Lipinski definition) is 2. The summed E-state index contributed by atoms with van der Waals surface area (Å²) in [7, 11) is 0. The van der Waals surface area contributed by atoms with Gasteiger partial charge < -0.3 is 0 Å². The van der Waals surface area contributed by atoms with Gasteiger partial charge in [0.25, 0.3) is 0 Å². The molecule has 0 amide bonds. The molecule has 2 aromatic carbocycles. The van der Waals surface area contributed by atoms with E-state index in [9.17, 15) is 4.79 Å². The molecule has 1 aliphatic heterocycles. The Kier molecular flexibility index (Phi) is 2.56. The largest absolute Gasteiger partial charge is 0.293 e. The van der Waals surface area contributed by atoms with Crippen molar-refractivity contribution in [3.05, 3.63) is 54.1 Å². The zero-order valence-electron chi connectivity index (χ0n) is 10.1. The number of hydrogen-bond donors (Lipinski definition) is 0. The van der Waals surface area contributed by atoms with Gasteiger partial charge in [0.1, 0.15) is 0 Å². The van der Waals surface area contributed by atoms with E-state index in [2.05, 4.69) is 4.99 Å². The molecule has 0 radical (unpaired) electrons. The molecule has 0 fully saturated rings. The zero-order chi connectivity index (χ0) is 12.5. The van der Waals surface area contributed by atoms with E-state index in [4.69, 9.17) is 0 Å². The van der Waals surface area contributed by atoms with Crippen LogP contribution in [0.25, 0.3) is 11.1 Å². The highest BCUT2D eigenvalue weighted by Crippen LogP contribution is 2.30. The minimum atomic E-state index is -0.122. The van der Waals surface area contributed by atoms with E-state index in [0.717, 1.165) is 22.4 Å². The van der Waals surface area contributed by atoms with Gasteiger partial charge in [-0.25, -0.2) is 0 Å². The van der Waals surface area contributed by atoms with E-state index in [1.807, 2.05) is 55.5 Å². The van der Waals surface area contributed by atoms with Gasteiger partial charge in [-0.15, -0.1) is 0 Å². The third-order valence-electron chi connectivity index (χ3n) is 3.22. The average Bonchev–Trinajstić information content (AvgIpc) is 2.44. The van der Waals surface area contributed by atoms with Crippen LogP contribution in [0, 0.1) is 5.92 Å². The fraction of sp³-hybridized carbons (Fsp3) is 0.125. The SMILES string of the molecule is CC1C=Nc2ccc(-c3ccccc3)cc2C1=O. The molecule has 1 atom stereocenters. The van der Waals surface area contributed by atoms with Crippen molar-refractivity contribution < 1.29 is 4.79 Å². The molecule has 88 valence electrons. The third kappa shape index (κ3) is 1.76. The third-order valence-corrected chi connectivity index (χ3v) is 3.22. The van der Waals surface area contributed by atoms with Crippen LogP contribution in [-0.2, 0) is 0 Å². The normalized spacial score (nSPS) is 17.6. The molecular formula is C16H13NO. The molecule has 3 rings (SSSR count). The van der Waals surface area contributed by atoms with Crippen LogP contribution in [0.3, 0.4) is 0 Å². The van der Waals surface area contributed by atoms with Gasteiger partial charge in [0.15, 0.2) is 5.78 Å². The lowest BCUT2D eigenvalue weighted by Crippen LogP contribution is -2.16. The van der Waals surface area contributed by atoms with E-state index in [1.165, 1.54) is 0 Å². The van der Waals surface area contributed by atoms with Crippen LogP contribution in [-0.4, -0.2) is 12.0 Å². The molecule has 1 heterocycles. The quantitative estimate of drug-likeness (QED) is 0.737. The first-order chi connectivity index (χ1) is 8.75. The first-order valence-electron chi connectivity index (χ1n) is 6.03. The highest BCUT2D eigenvalue weighted by Gasteiger charge is 2.21. The van der Waals surface area contributed by atoms with Crippen molar-refractivity contribution in [3.8, 4) is 11.1 Å². The number of fused-ring (bicyclic) bond motifs is 1. The predicted octanol–water partition coefficient (Wildman–Crippen LogP) is 3.89. The topological polar surface area (TPSA) is 29.4 Å². The standard InChI is InChI=1S/C16H13NO/c1-11-10-17-15-8-7-13(9-14(15)16(11)18)12-5-3-2-4-6-12/h2-11H,1H3. The molecule has 0 saturated heterocycles. The van der Waals surface area contributed by atoms with Crippen molar-refractivity contribution in [2.24, 2.45) is 10.9 Å². The second-order valence-corrected chi connectivity index (χ2v) is 4.53. The lowest BCUT2D eigenvalue weighted by Gasteiger charge is -2.14. The van der Waals surface area contributed by atoms with Gasteiger partial charge in [-0.1, -0.05) is 43.3 Å². The van der Waals surface area contributed by atoms with Crippen molar-refractivity contribution >= 4 is 17.7 Å². The number of Topliss-reactive ketones (excluding diaryl/α,β-unsaturated/α-hetero) is 1. The lowest BCUT2D eigenvalue weighted by molar-refractivity contribution is 0.0962. The second-order valence-electron chi connectivity index (χ2n) is 4.53. The molecule has 0 aromatic heterocycles. The number of carbonyl (C=O) groups excluding carboxylic acids is 1. The van der Waals surface area contributed by atoms with Gasteiger partial charge in [0.05, 0.1) is 11.6 Å². The minimum absolute atomic E-state index is 0.122. The summed E-state index contributed by atoms with van der Waals surface area (Å²) in [5, 5.41) is 0. The summed E-state index contributed by atoms with van der Waals surface area (Å²) in [6.07, 6.45) is 1.72. The predicted molar refractivity (Wildman–Crippen MR) is 73.5 cm³/mol. The molecule has 2 nitrogen and oxygen atoms in total. The number of nitrogens with zero attached hydrogens (tertiary/aromatic N) is 1. The maximum Gasteiger partial charge on any atom is 0.173 e. The van der Waals surface area contributed by atoms with Crippen LogP contribution in [0.4, 0.5) is 5.69 Å². The first-order valence-corrected chi connectivity index (χ1v) is 6.03. The highest BCUT2D eigenvalue weighted by atomic mass is 16.1. The lowest BCUT2D eigenvalue weighted by atomic mass is 9.93. The Labute approximate surface area is 106 Å². The summed E-state index contributed by atoms with van der Waals surface area (Å²) in [6, 6.07) is 15.9. The van der Waals surface area contributed by atoms with Crippen LogP contribution in [0.5, 0.6) is 0 Å². The zero-order valence-corrected chi connectivity index (χ0v) is 10.1. The maximum atomic E-state index is 12.1. The monoisotopic (exact) mass is 235 g/mol. The highest BCUT2D eigenvalue weighted by molar-refractivity contribution is 6.12. The fourth-order valence-electron chi connectivity index (χ4n) is 2.16. The minimum Gasteiger partial charge on any atom is -0.293 e. The molecule has 0 saturated carbocycles. The Morgan fingerprint density at radius 3 is 2.56 bits per heavy atom. The summed E-state index contributed by atoms with van der Waals surface area (Å²) < 4.78 is 0. The van der Waals surface area contributed by atoms with Gasteiger partial charge >= 0.3 is 0 Å². The Balaban J connectivity index is 2.12. The Morgan fingerprint density at radius 2 is 1.78 bits per heavy atom. The van der Waals surface area contributed by atoms with Gasteiger partial charge in [0.2, 0.25) is 0 Å².